The van der Waals surface area contributed by atoms with E-state index in [-0.39, 0.29) is 5.91 Å². The molecule has 0 saturated carbocycles. The quantitative estimate of drug-likeness (QED) is 0.824. The van der Waals surface area contributed by atoms with Crippen LogP contribution in [0.5, 0.6) is 0 Å². The van der Waals surface area contributed by atoms with Crippen LogP contribution in [0.25, 0.3) is 0 Å². The van der Waals surface area contributed by atoms with Crippen molar-refractivity contribution in [2.24, 2.45) is 0 Å². The summed E-state index contributed by atoms with van der Waals surface area (Å²) in [5.41, 5.74) is 0. The van der Waals surface area contributed by atoms with Crippen LogP contribution in [-0.2, 0) is 9.53 Å². The molecule has 5 nitrogen and oxygen atoms in total. The molecule has 0 aliphatic heterocycles. The van der Waals surface area contributed by atoms with Crippen molar-refractivity contribution in [3.63, 3.8) is 0 Å². The molecule has 0 aromatic carbocycles. The lowest BCUT2D eigenvalue weighted by molar-refractivity contribution is -0.160. The third-order valence-corrected chi connectivity index (χ3v) is 2.15. The fourth-order valence-electron chi connectivity index (χ4n) is 1.24. The van der Waals surface area contributed by atoms with E-state index in [0.717, 1.165) is 0 Å². The average Bonchev–Trinajstić information content (AvgIpc) is 2.27. The number of halogens is 3. The van der Waals surface area contributed by atoms with Gasteiger partial charge in [-0.1, -0.05) is 0 Å². The molecular formula is C10H17F3N2O3. The van der Waals surface area contributed by atoms with Gasteiger partial charge in [-0.05, 0) is 20.8 Å². The molecule has 1 N–H and O–H groups in total. The summed E-state index contributed by atoms with van der Waals surface area (Å²) in [5, 5.41) is 2.05. The van der Waals surface area contributed by atoms with Crippen molar-refractivity contribution >= 4 is 12.0 Å². The van der Waals surface area contributed by atoms with Gasteiger partial charge in [0.05, 0.1) is 0 Å². The minimum absolute atomic E-state index is 0.371. The zero-order valence-electron chi connectivity index (χ0n) is 10.5. The van der Waals surface area contributed by atoms with Gasteiger partial charge in [0.15, 0.2) is 6.61 Å². The van der Waals surface area contributed by atoms with Crippen LogP contribution < -0.4 is 5.32 Å². The van der Waals surface area contributed by atoms with Crippen molar-refractivity contribution in [3.8, 4) is 0 Å². The zero-order valence-corrected chi connectivity index (χ0v) is 10.5. The molecule has 0 spiro atoms. The second-order valence-corrected chi connectivity index (χ2v) is 3.57. The number of carbonyl (C=O) groups excluding carboxylic acids is 2. The molecule has 0 rings (SSSR count). The van der Waals surface area contributed by atoms with Crippen LogP contribution in [0.3, 0.4) is 0 Å². The predicted octanol–water partition coefficient (Wildman–Crippen LogP) is 1.53. The molecule has 0 heterocycles. The topological polar surface area (TPSA) is 58.6 Å². The van der Waals surface area contributed by atoms with E-state index in [2.05, 4.69) is 4.74 Å². The summed E-state index contributed by atoms with van der Waals surface area (Å²) in [7, 11) is 0. The lowest BCUT2D eigenvalue weighted by atomic mass is 10.3. The van der Waals surface area contributed by atoms with E-state index in [1.165, 1.54) is 11.8 Å². The van der Waals surface area contributed by atoms with Crippen LogP contribution in [0.4, 0.5) is 18.0 Å². The second kappa shape index (κ2) is 7.07. The highest BCUT2D eigenvalue weighted by atomic mass is 19.4. The molecule has 1 unspecified atom stereocenters. The van der Waals surface area contributed by atoms with Crippen molar-refractivity contribution in [2.45, 2.75) is 33.0 Å². The highest BCUT2D eigenvalue weighted by molar-refractivity contribution is 5.85. The lowest BCUT2D eigenvalue weighted by Crippen LogP contribution is -2.47. The van der Waals surface area contributed by atoms with Crippen molar-refractivity contribution in [1.82, 2.24) is 10.2 Å². The first kappa shape index (κ1) is 16.5. The Hall–Kier alpha value is -1.47. The van der Waals surface area contributed by atoms with Crippen LogP contribution in [0, 0.1) is 0 Å². The van der Waals surface area contributed by atoms with E-state index < -0.39 is 24.9 Å². The Morgan fingerprint density at radius 1 is 1.28 bits per heavy atom. The maximum atomic E-state index is 11.8. The summed E-state index contributed by atoms with van der Waals surface area (Å²) in [6, 6.07) is -0.925. The largest absolute Gasteiger partial charge is 0.440 e. The number of nitrogens with zero attached hydrogens (tertiary/aromatic N) is 1. The van der Waals surface area contributed by atoms with E-state index in [4.69, 9.17) is 0 Å². The molecule has 0 aromatic rings. The molecule has 8 heteroatoms. The van der Waals surface area contributed by atoms with E-state index in [1.807, 2.05) is 5.32 Å². The number of likely N-dealkylation sites (N-methyl/N-ethyl adjacent to an activating group) is 1. The van der Waals surface area contributed by atoms with Crippen LogP contribution >= 0.6 is 0 Å². The SMILES string of the molecule is CCN(CC)C(=O)C(C)NC(=O)OCC(F)(F)F. The standard InChI is InChI=1S/C10H17F3N2O3/c1-4-15(5-2)8(16)7(3)14-9(17)18-6-10(11,12)13/h7H,4-6H2,1-3H3,(H,14,17). The molecule has 2 amide bonds. The number of carbonyl (C=O) groups is 2. The van der Waals surface area contributed by atoms with Gasteiger partial charge in [0.1, 0.15) is 6.04 Å². The predicted molar refractivity (Wildman–Crippen MR) is 57.9 cm³/mol. The molecule has 0 saturated heterocycles. The van der Waals surface area contributed by atoms with Crippen molar-refractivity contribution in [3.05, 3.63) is 0 Å². The van der Waals surface area contributed by atoms with Gasteiger partial charge < -0.3 is 15.0 Å². The smallest absolute Gasteiger partial charge is 0.422 e. The maximum Gasteiger partial charge on any atom is 0.422 e. The van der Waals surface area contributed by atoms with Crippen LogP contribution in [0.15, 0.2) is 0 Å². The second-order valence-electron chi connectivity index (χ2n) is 3.57. The molecule has 106 valence electrons. The van der Waals surface area contributed by atoms with Gasteiger partial charge in [0, 0.05) is 13.1 Å². The first-order valence-corrected chi connectivity index (χ1v) is 5.50. The van der Waals surface area contributed by atoms with E-state index in [9.17, 15) is 22.8 Å². The number of alkyl carbamates (subject to hydrolysis) is 1. The summed E-state index contributed by atoms with van der Waals surface area (Å²) < 4.78 is 39.2. The molecule has 1 atom stereocenters. The Balaban J connectivity index is 4.19. The van der Waals surface area contributed by atoms with Gasteiger partial charge in [-0.2, -0.15) is 13.2 Å². The first-order chi connectivity index (χ1) is 8.21. The molecular weight excluding hydrogens is 253 g/mol. The molecule has 18 heavy (non-hydrogen) atoms. The summed E-state index contributed by atoms with van der Waals surface area (Å²) in [6.45, 7) is 4.14. The number of hydrogen-bond donors (Lipinski definition) is 1. The summed E-state index contributed by atoms with van der Waals surface area (Å²) in [6.07, 6.45) is -5.84. The molecule has 0 bridgehead atoms. The Labute approximate surface area is 103 Å². The monoisotopic (exact) mass is 270 g/mol. The maximum absolute atomic E-state index is 11.8. The molecule has 0 radical (unpaired) electrons. The number of nitrogens with one attached hydrogen (secondary N) is 1. The van der Waals surface area contributed by atoms with Gasteiger partial charge in [0.25, 0.3) is 0 Å². The fourth-order valence-corrected chi connectivity index (χ4v) is 1.24. The van der Waals surface area contributed by atoms with E-state index in [1.54, 1.807) is 13.8 Å². The zero-order chi connectivity index (χ0) is 14.3. The van der Waals surface area contributed by atoms with Gasteiger partial charge in [-0.15, -0.1) is 0 Å². The Morgan fingerprint density at radius 2 is 1.78 bits per heavy atom. The Morgan fingerprint density at radius 3 is 2.17 bits per heavy atom. The van der Waals surface area contributed by atoms with E-state index >= 15 is 0 Å². The van der Waals surface area contributed by atoms with Crippen LogP contribution in [0.2, 0.25) is 0 Å². The van der Waals surface area contributed by atoms with Crippen molar-refractivity contribution < 1.29 is 27.5 Å². The fraction of sp³-hybridized carbons (Fsp3) is 0.800. The van der Waals surface area contributed by atoms with Gasteiger partial charge in [-0.25, -0.2) is 4.79 Å². The molecule has 0 aliphatic rings. The Kier molecular flexibility index (Phi) is 6.50. The molecule has 0 fully saturated rings. The van der Waals surface area contributed by atoms with Gasteiger partial charge in [0.2, 0.25) is 5.91 Å². The highest BCUT2D eigenvalue weighted by Gasteiger charge is 2.30. The summed E-state index contributed by atoms with van der Waals surface area (Å²) >= 11 is 0. The van der Waals surface area contributed by atoms with Gasteiger partial charge in [-0.3, -0.25) is 4.79 Å². The highest BCUT2D eigenvalue weighted by Crippen LogP contribution is 2.14. The average molecular weight is 270 g/mol. The third-order valence-electron chi connectivity index (χ3n) is 2.15. The first-order valence-electron chi connectivity index (χ1n) is 5.50. The summed E-state index contributed by atoms with van der Waals surface area (Å²) in [5.74, 6) is -0.371. The number of alkyl halides is 3. The Bertz CT molecular complexity index is 291. The minimum Gasteiger partial charge on any atom is -0.440 e. The number of amides is 2. The normalized spacial score (nSPS) is 12.8. The lowest BCUT2D eigenvalue weighted by Gasteiger charge is -2.23. The number of ether oxygens (including phenoxy) is 1. The van der Waals surface area contributed by atoms with Crippen LogP contribution in [-0.4, -0.2) is 48.8 Å². The number of hydrogen-bond acceptors (Lipinski definition) is 3. The van der Waals surface area contributed by atoms with Gasteiger partial charge >= 0.3 is 12.3 Å². The van der Waals surface area contributed by atoms with E-state index in [0.29, 0.717) is 13.1 Å². The number of rotatable bonds is 5. The van der Waals surface area contributed by atoms with Crippen molar-refractivity contribution in [1.29, 1.82) is 0 Å². The third kappa shape index (κ3) is 6.31. The molecule has 0 aromatic heterocycles. The van der Waals surface area contributed by atoms with Crippen molar-refractivity contribution in [2.75, 3.05) is 19.7 Å². The molecule has 0 aliphatic carbocycles. The summed E-state index contributed by atoms with van der Waals surface area (Å²) in [4.78, 5) is 24.1. The minimum atomic E-state index is -4.58. The van der Waals surface area contributed by atoms with Crippen LogP contribution in [0.1, 0.15) is 20.8 Å².